The van der Waals surface area contributed by atoms with Gasteiger partial charge in [0.25, 0.3) is 0 Å². The summed E-state index contributed by atoms with van der Waals surface area (Å²) >= 11 is 0. The fourth-order valence-electron chi connectivity index (χ4n) is 1.16. The zero-order valence-corrected chi connectivity index (χ0v) is 6.79. The molecule has 0 unspecified atom stereocenters. The summed E-state index contributed by atoms with van der Waals surface area (Å²) in [6.45, 7) is 3.19. The fraction of sp³-hybridized carbons (Fsp3) is 0.250. The van der Waals surface area contributed by atoms with E-state index in [0.717, 1.165) is 0 Å². The molecule has 1 aliphatic rings. The number of carboxylic acid groups (broad SMARTS) is 1. The lowest BCUT2D eigenvalue weighted by molar-refractivity contribution is -0.132. The molecular weight excluding hydrogens is 158 g/mol. The van der Waals surface area contributed by atoms with Gasteiger partial charge in [-0.15, -0.1) is 0 Å². The quantitative estimate of drug-likeness (QED) is 0.593. The summed E-state index contributed by atoms with van der Waals surface area (Å²) in [5.74, 6) is -1.10. The van der Waals surface area contributed by atoms with Gasteiger partial charge in [0.15, 0.2) is 6.26 Å². The molecule has 1 radical (unpaired) electrons. The van der Waals surface area contributed by atoms with Crippen molar-refractivity contribution in [3.05, 3.63) is 23.1 Å². The zero-order chi connectivity index (χ0) is 9.30. The molecule has 4 nitrogen and oxygen atoms in total. The Balaban J connectivity index is 3.20. The molecule has 0 aromatic rings. The highest BCUT2D eigenvalue weighted by Gasteiger charge is 2.24. The second kappa shape index (κ2) is 2.81. The van der Waals surface area contributed by atoms with Crippen molar-refractivity contribution in [2.45, 2.75) is 13.8 Å². The maximum atomic E-state index is 10.6. The monoisotopic (exact) mass is 166 g/mol. The average molecular weight is 166 g/mol. The Morgan fingerprint density at radius 3 is 2.42 bits per heavy atom. The molecule has 1 rings (SSSR count). The minimum absolute atomic E-state index is 0.0162. The van der Waals surface area contributed by atoms with Gasteiger partial charge in [-0.05, 0) is 13.8 Å². The van der Waals surface area contributed by atoms with Gasteiger partial charge in [-0.25, -0.2) is 4.79 Å². The number of rotatable bonds is 1. The van der Waals surface area contributed by atoms with E-state index in [0.29, 0.717) is 17.7 Å². The zero-order valence-electron chi connectivity index (χ0n) is 6.79. The van der Waals surface area contributed by atoms with E-state index >= 15 is 0 Å². The molecule has 4 heteroatoms. The second-order valence-corrected chi connectivity index (χ2v) is 2.49. The lowest BCUT2D eigenvalue weighted by Crippen LogP contribution is -2.05. The lowest BCUT2D eigenvalue weighted by atomic mass is 10.1. The maximum Gasteiger partial charge on any atom is 0.338 e. The minimum atomic E-state index is -1.10. The third-order valence-electron chi connectivity index (χ3n) is 1.69. The molecule has 0 saturated carbocycles. The summed E-state index contributed by atoms with van der Waals surface area (Å²) < 4.78 is 0. The van der Waals surface area contributed by atoms with Gasteiger partial charge in [-0.3, -0.25) is 10.1 Å². The Hall–Kier alpha value is -1.58. The molecule has 0 saturated heterocycles. The molecule has 0 fully saturated rings. The normalized spacial score (nSPS) is 20.2. The predicted molar refractivity (Wildman–Crippen MR) is 42.2 cm³/mol. The van der Waals surface area contributed by atoms with E-state index in [9.17, 15) is 9.90 Å². The smallest absolute Gasteiger partial charge is 0.338 e. The van der Waals surface area contributed by atoms with Crippen molar-refractivity contribution in [1.29, 1.82) is 0 Å². The second-order valence-electron chi connectivity index (χ2n) is 2.49. The molecule has 0 bridgehead atoms. The standard InChI is InChI=1S/C8H8NO3/c1-4-6(3-10)7(8(11)12)5(2)9-4/h3H,1-2H3,(H,11,12). The molecule has 0 aliphatic carbocycles. The third kappa shape index (κ3) is 1.11. The van der Waals surface area contributed by atoms with Crippen molar-refractivity contribution in [2.24, 2.45) is 4.99 Å². The van der Waals surface area contributed by atoms with Gasteiger partial charge in [-0.2, -0.15) is 0 Å². The molecule has 63 valence electrons. The molecule has 0 aromatic heterocycles. The van der Waals surface area contributed by atoms with Crippen LogP contribution in [0.15, 0.2) is 28.1 Å². The number of aliphatic carboxylic acids is 1. The van der Waals surface area contributed by atoms with Crippen LogP contribution in [-0.4, -0.2) is 16.8 Å². The van der Waals surface area contributed by atoms with Crippen molar-refractivity contribution in [2.75, 3.05) is 0 Å². The van der Waals surface area contributed by atoms with E-state index in [2.05, 4.69) is 4.99 Å². The van der Waals surface area contributed by atoms with Gasteiger partial charge >= 0.3 is 5.97 Å². The SMILES string of the molecule is CC1=NC(C)=C(C(=O)O)C1=C[O]. The first-order valence-corrected chi connectivity index (χ1v) is 3.40. The number of nitrogens with zero attached hydrogens (tertiary/aromatic N) is 1. The van der Waals surface area contributed by atoms with Crippen LogP contribution >= 0.6 is 0 Å². The highest BCUT2D eigenvalue weighted by molar-refractivity contribution is 6.14. The first kappa shape index (κ1) is 8.52. The minimum Gasteiger partial charge on any atom is -0.478 e. The Kier molecular flexibility index (Phi) is 1.99. The molecule has 12 heavy (non-hydrogen) atoms. The molecule has 0 amide bonds. The van der Waals surface area contributed by atoms with Crippen molar-refractivity contribution < 1.29 is 15.0 Å². The Labute approximate surface area is 69.6 Å². The van der Waals surface area contributed by atoms with E-state index < -0.39 is 5.97 Å². The molecule has 0 spiro atoms. The van der Waals surface area contributed by atoms with Gasteiger partial charge < -0.3 is 5.11 Å². The Morgan fingerprint density at radius 2 is 2.08 bits per heavy atom. The highest BCUT2D eigenvalue weighted by atomic mass is 16.4. The van der Waals surface area contributed by atoms with Gasteiger partial charge in [0, 0.05) is 5.71 Å². The largest absolute Gasteiger partial charge is 0.478 e. The summed E-state index contributed by atoms with van der Waals surface area (Å²) in [7, 11) is 0. The Bertz CT molecular complexity index is 320. The third-order valence-corrected chi connectivity index (χ3v) is 1.69. The van der Waals surface area contributed by atoms with Crippen LogP contribution in [-0.2, 0) is 9.90 Å². The molecule has 0 aromatic carbocycles. The summed E-state index contributed by atoms with van der Waals surface area (Å²) in [5.41, 5.74) is 1.06. The van der Waals surface area contributed by atoms with Crippen molar-refractivity contribution in [3.63, 3.8) is 0 Å². The molecule has 1 heterocycles. The van der Waals surface area contributed by atoms with E-state index in [1.807, 2.05) is 0 Å². The number of carbonyl (C=O) groups is 1. The van der Waals surface area contributed by atoms with Crippen LogP contribution in [0.5, 0.6) is 0 Å². The lowest BCUT2D eigenvalue weighted by Gasteiger charge is -1.96. The van der Waals surface area contributed by atoms with Crippen molar-refractivity contribution >= 4 is 11.7 Å². The molecule has 1 aliphatic heterocycles. The average Bonchev–Trinajstić information content (AvgIpc) is 2.24. The maximum absolute atomic E-state index is 10.6. The predicted octanol–water partition coefficient (Wildman–Crippen LogP) is 1.13. The summed E-state index contributed by atoms with van der Waals surface area (Å²) in [4.78, 5) is 14.5. The van der Waals surface area contributed by atoms with Crippen LogP contribution in [0.4, 0.5) is 0 Å². The van der Waals surface area contributed by atoms with Crippen LogP contribution in [0.25, 0.3) is 0 Å². The van der Waals surface area contributed by atoms with Crippen LogP contribution in [0, 0.1) is 0 Å². The summed E-state index contributed by atoms with van der Waals surface area (Å²) in [6.07, 6.45) is 0.527. The van der Waals surface area contributed by atoms with Crippen LogP contribution in [0.3, 0.4) is 0 Å². The van der Waals surface area contributed by atoms with Crippen molar-refractivity contribution in [3.8, 4) is 0 Å². The number of aliphatic imine (C=N–C) groups is 1. The van der Waals surface area contributed by atoms with Crippen LogP contribution in [0.1, 0.15) is 13.8 Å². The topological polar surface area (TPSA) is 69.6 Å². The van der Waals surface area contributed by atoms with E-state index in [-0.39, 0.29) is 11.1 Å². The van der Waals surface area contributed by atoms with Crippen LogP contribution < -0.4 is 0 Å². The number of allylic oxidation sites excluding steroid dienone is 1. The molecule has 0 atom stereocenters. The van der Waals surface area contributed by atoms with Gasteiger partial charge in [0.1, 0.15) is 0 Å². The Morgan fingerprint density at radius 1 is 1.50 bits per heavy atom. The van der Waals surface area contributed by atoms with Gasteiger partial charge in [0.05, 0.1) is 16.8 Å². The molecule has 1 N–H and O–H groups in total. The van der Waals surface area contributed by atoms with Crippen molar-refractivity contribution in [1.82, 2.24) is 0 Å². The van der Waals surface area contributed by atoms with Gasteiger partial charge in [-0.1, -0.05) is 0 Å². The van der Waals surface area contributed by atoms with E-state index in [1.165, 1.54) is 0 Å². The fourth-order valence-corrected chi connectivity index (χ4v) is 1.16. The number of hydrogen-bond acceptors (Lipinski definition) is 2. The highest BCUT2D eigenvalue weighted by Crippen LogP contribution is 2.24. The number of carboxylic acids is 1. The van der Waals surface area contributed by atoms with E-state index in [1.54, 1.807) is 13.8 Å². The van der Waals surface area contributed by atoms with E-state index in [4.69, 9.17) is 5.11 Å². The summed E-state index contributed by atoms with van der Waals surface area (Å²) in [5, 5.41) is 19.2. The van der Waals surface area contributed by atoms with Crippen LogP contribution in [0.2, 0.25) is 0 Å². The number of hydrogen-bond donors (Lipinski definition) is 1. The first-order valence-electron chi connectivity index (χ1n) is 3.40. The van der Waals surface area contributed by atoms with Gasteiger partial charge in [0.2, 0.25) is 0 Å². The summed E-state index contributed by atoms with van der Waals surface area (Å²) in [6, 6.07) is 0. The molecular formula is C8H8NO3. The first-order chi connectivity index (χ1) is 5.57.